The third kappa shape index (κ3) is 6.62. The van der Waals surface area contributed by atoms with Crippen molar-refractivity contribution in [2.75, 3.05) is 88.3 Å². The predicted octanol–water partition coefficient (Wildman–Crippen LogP) is 5.93. The van der Waals surface area contributed by atoms with Crippen LogP contribution in [0.2, 0.25) is 0 Å². The zero-order chi connectivity index (χ0) is 29.0. The fraction of sp³-hybridized carbons (Fsp3) is 0.588. The van der Waals surface area contributed by atoms with E-state index in [0.29, 0.717) is 5.92 Å². The van der Waals surface area contributed by atoms with Crippen molar-refractivity contribution in [3.63, 3.8) is 0 Å². The Morgan fingerprint density at radius 3 is 2.32 bits per heavy atom. The molecule has 3 heterocycles. The lowest BCUT2D eigenvalue weighted by molar-refractivity contribution is 0.0393. The average molecular weight is 559 g/mol. The molecule has 1 aliphatic carbocycles. The van der Waals surface area contributed by atoms with Crippen LogP contribution >= 0.6 is 0 Å². The van der Waals surface area contributed by atoms with Crippen molar-refractivity contribution in [2.24, 2.45) is 0 Å². The monoisotopic (exact) mass is 558 g/mol. The highest BCUT2D eigenvalue weighted by molar-refractivity contribution is 5.92. The van der Waals surface area contributed by atoms with Gasteiger partial charge >= 0.3 is 0 Å². The van der Waals surface area contributed by atoms with E-state index >= 15 is 0 Å². The summed E-state index contributed by atoms with van der Waals surface area (Å²) in [6.45, 7) is 14.2. The van der Waals surface area contributed by atoms with Crippen LogP contribution in [0.3, 0.4) is 0 Å². The molecule has 0 atom stereocenters. The van der Waals surface area contributed by atoms with Gasteiger partial charge in [0.15, 0.2) is 0 Å². The topological polar surface area (TPSA) is 48.0 Å². The number of hydrogen-bond donors (Lipinski definition) is 0. The molecule has 0 bridgehead atoms. The fourth-order valence-electron chi connectivity index (χ4n) is 6.15. The molecule has 2 aliphatic heterocycles. The van der Waals surface area contributed by atoms with Gasteiger partial charge in [-0.1, -0.05) is 39.0 Å². The predicted molar refractivity (Wildman–Crippen MR) is 173 cm³/mol. The molecule has 2 saturated heterocycles. The number of anilines is 3. The maximum absolute atomic E-state index is 5.52. The van der Waals surface area contributed by atoms with Crippen LogP contribution in [0.15, 0.2) is 42.5 Å². The molecular weight excluding hydrogens is 508 g/mol. The first-order valence-electron chi connectivity index (χ1n) is 15.8. The van der Waals surface area contributed by atoms with E-state index < -0.39 is 0 Å². The second kappa shape index (κ2) is 13.0. The van der Waals surface area contributed by atoms with Crippen LogP contribution in [0.25, 0.3) is 10.9 Å². The number of benzene rings is 2. The molecule has 0 N–H and O–H groups in total. The van der Waals surface area contributed by atoms with Crippen molar-refractivity contribution in [1.82, 2.24) is 14.9 Å². The summed E-state index contributed by atoms with van der Waals surface area (Å²) < 4.78 is 5.52. The zero-order valence-corrected chi connectivity index (χ0v) is 26.2. The molecule has 41 heavy (non-hydrogen) atoms. The number of morpholine rings is 1. The van der Waals surface area contributed by atoms with Crippen LogP contribution in [-0.2, 0) is 10.2 Å². The number of aromatic nitrogens is 2. The van der Waals surface area contributed by atoms with Crippen molar-refractivity contribution in [3.05, 3.63) is 53.9 Å². The van der Waals surface area contributed by atoms with Gasteiger partial charge in [-0.25, -0.2) is 9.97 Å². The molecule has 7 heteroatoms. The molecule has 0 unspecified atom stereocenters. The van der Waals surface area contributed by atoms with Gasteiger partial charge in [0.1, 0.15) is 11.6 Å². The van der Waals surface area contributed by atoms with Crippen LogP contribution in [-0.4, -0.2) is 88.5 Å². The zero-order valence-electron chi connectivity index (χ0n) is 26.2. The Labute approximate surface area is 247 Å². The lowest BCUT2D eigenvalue weighted by Gasteiger charge is -2.35. The van der Waals surface area contributed by atoms with Crippen LogP contribution in [0.5, 0.6) is 0 Å². The Bertz CT molecular complexity index is 1290. The lowest BCUT2D eigenvalue weighted by atomic mass is 9.88. The lowest BCUT2D eigenvalue weighted by Crippen LogP contribution is -2.40. The quantitative estimate of drug-likeness (QED) is 0.340. The third-order valence-corrected chi connectivity index (χ3v) is 9.15. The Hall–Kier alpha value is -2.90. The SMILES string of the molecule is CC.CN(C)c1ccccc1C1CCN(c2nc(C3(C)CC3)nc3ccc(N(C)CCN4CCOCC4)cc23)CC1. The van der Waals surface area contributed by atoms with Crippen LogP contribution in [0.4, 0.5) is 17.2 Å². The Balaban J connectivity index is 0.00000165. The van der Waals surface area contributed by atoms with E-state index in [1.807, 2.05) is 13.8 Å². The molecule has 3 fully saturated rings. The number of hydrogen-bond acceptors (Lipinski definition) is 7. The number of piperidine rings is 1. The number of nitrogens with zero attached hydrogens (tertiary/aromatic N) is 6. The number of para-hydroxylation sites is 1. The van der Waals surface area contributed by atoms with Crippen molar-refractivity contribution < 1.29 is 4.74 Å². The maximum atomic E-state index is 5.52. The molecule has 0 spiro atoms. The molecule has 222 valence electrons. The highest BCUT2D eigenvalue weighted by Crippen LogP contribution is 2.47. The molecular formula is C34H50N6O. The second-order valence-electron chi connectivity index (χ2n) is 12.2. The van der Waals surface area contributed by atoms with E-state index in [1.54, 1.807) is 0 Å². The van der Waals surface area contributed by atoms with Gasteiger partial charge in [0.2, 0.25) is 0 Å². The molecule has 6 rings (SSSR count). The summed E-state index contributed by atoms with van der Waals surface area (Å²) in [6, 6.07) is 15.7. The van der Waals surface area contributed by atoms with Gasteiger partial charge in [0.05, 0.1) is 18.7 Å². The van der Waals surface area contributed by atoms with E-state index in [1.165, 1.54) is 35.2 Å². The molecule has 7 nitrogen and oxygen atoms in total. The molecule has 0 amide bonds. The van der Waals surface area contributed by atoms with Crippen LogP contribution in [0, 0.1) is 0 Å². The molecule has 1 aromatic heterocycles. The summed E-state index contributed by atoms with van der Waals surface area (Å²) >= 11 is 0. The minimum absolute atomic E-state index is 0.138. The molecule has 0 radical (unpaired) electrons. The van der Waals surface area contributed by atoms with Gasteiger partial charge in [0, 0.05) is 82.6 Å². The summed E-state index contributed by atoms with van der Waals surface area (Å²) in [5.74, 6) is 2.74. The number of rotatable bonds is 8. The van der Waals surface area contributed by atoms with E-state index in [4.69, 9.17) is 14.7 Å². The standard InChI is InChI=1S/C32H44N6O.C2H6/c1-32(13-14-32)31-33-28-10-9-25(36(4)17-18-37-19-21-39-22-20-37)23-27(28)30(34-31)38-15-11-24(12-16-38)26-7-5-6-8-29(26)35(2)3;1-2/h5-10,23-24H,11-22H2,1-4H3;1-2H3. The normalized spacial score (nSPS) is 19.0. The molecule has 3 aromatic rings. The van der Waals surface area contributed by atoms with Crippen molar-refractivity contribution in [1.29, 1.82) is 0 Å². The third-order valence-electron chi connectivity index (χ3n) is 9.15. The van der Waals surface area contributed by atoms with E-state index in [2.05, 4.69) is 90.1 Å². The highest BCUT2D eigenvalue weighted by Gasteiger charge is 2.43. The Morgan fingerprint density at radius 1 is 0.927 bits per heavy atom. The number of likely N-dealkylation sites (N-methyl/N-ethyl adjacent to an activating group) is 1. The van der Waals surface area contributed by atoms with E-state index in [-0.39, 0.29) is 5.41 Å². The summed E-state index contributed by atoms with van der Waals surface area (Å²) in [7, 11) is 6.50. The Kier molecular flexibility index (Phi) is 9.35. The van der Waals surface area contributed by atoms with Gasteiger partial charge in [-0.3, -0.25) is 4.90 Å². The van der Waals surface area contributed by atoms with Gasteiger partial charge in [-0.2, -0.15) is 0 Å². The first-order valence-corrected chi connectivity index (χ1v) is 15.8. The summed E-state index contributed by atoms with van der Waals surface area (Å²) in [5, 5.41) is 1.19. The van der Waals surface area contributed by atoms with Crippen molar-refractivity contribution >= 4 is 28.1 Å². The largest absolute Gasteiger partial charge is 0.379 e. The van der Waals surface area contributed by atoms with Crippen LogP contribution in [0.1, 0.15) is 63.8 Å². The Morgan fingerprint density at radius 2 is 1.63 bits per heavy atom. The van der Waals surface area contributed by atoms with Gasteiger partial charge < -0.3 is 19.4 Å². The van der Waals surface area contributed by atoms with Crippen LogP contribution < -0.4 is 14.7 Å². The molecule has 3 aliphatic rings. The summed E-state index contributed by atoms with van der Waals surface area (Å²) in [5.41, 5.74) is 5.27. The van der Waals surface area contributed by atoms with Gasteiger partial charge in [-0.05, 0) is 61.4 Å². The van der Waals surface area contributed by atoms with Crippen molar-refractivity contribution in [2.45, 2.75) is 57.8 Å². The van der Waals surface area contributed by atoms with Gasteiger partial charge in [-0.15, -0.1) is 0 Å². The summed E-state index contributed by atoms with van der Waals surface area (Å²) in [4.78, 5) is 20.0. The maximum Gasteiger partial charge on any atom is 0.140 e. The minimum atomic E-state index is 0.138. The fourth-order valence-corrected chi connectivity index (χ4v) is 6.15. The first kappa shape index (κ1) is 29.6. The first-order chi connectivity index (χ1) is 19.9. The number of ether oxygens (including phenoxy) is 1. The highest BCUT2D eigenvalue weighted by atomic mass is 16.5. The smallest absolute Gasteiger partial charge is 0.140 e. The van der Waals surface area contributed by atoms with Crippen molar-refractivity contribution in [3.8, 4) is 0 Å². The molecule has 1 saturated carbocycles. The van der Waals surface area contributed by atoms with Gasteiger partial charge in [0.25, 0.3) is 0 Å². The summed E-state index contributed by atoms with van der Waals surface area (Å²) in [6.07, 6.45) is 4.65. The number of fused-ring (bicyclic) bond motifs is 1. The second-order valence-corrected chi connectivity index (χ2v) is 12.2. The molecule has 2 aromatic carbocycles. The van der Waals surface area contributed by atoms with E-state index in [9.17, 15) is 0 Å². The van der Waals surface area contributed by atoms with E-state index in [0.717, 1.165) is 82.5 Å². The minimum Gasteiger partial charge on any atom is -0.379 e. The average Bonchev–Trinajstić information content (AvgIpc) is 3.79.